The first-order valence-electron chi connectivity index (χ1n) is 6.52. The molecule has 1 rings (SSSR count). The molecule has 0 aliphatic heterocycles. The number of carbonyl (C=O) groups is 1. The molecule has 0 radical (unpaired) electrons. The van der Waals surface area contributed by atoms with Crippen molar-refractivity contribution >= 4 is 5.91 Å². The van der Waals surface area contributed by atoms with Gasteiger partial charge in [-0.25, -0.2) is 0 Å². The lowest BCUT2D eigenvalue weighted by Crippen LogP contribution is -2.48. The molecule has 4 heteroatoms. The minimum Gasteiger partial charge on any atom is -0.497 e. The smallest absolute Gasteiger partial charge is 0.227 e. The van der Waals surface area contributed by atoms with Crippen LogP contribution in [0.5, 0.6) is 5.75 Å². The van der Waals surface area contributed by atoms with Gasteiger partial charge in [-0.1, -0.05) is 12.1 Å². The van der Waals surface area contributed by atoms with Gasteiger partial charge in [-0.15, -0.1) is 0 Å². The van der Waals surface area contributed by atoms with Crippen LogP contribution in [0.4, 0.5) is 0 Å². The largest absolute Gasteiger partial charge is 0.497 e. The van der Waals surface area contributed by atoms with Crippen LogP contribution >= 0.6 is 0 Å². The van der Waals surface area contributed by atoms with Gasteiger partial charge in [0.2, 0.25) is 5.91 Å². The Morgan fingerprint density at radius 3 is 2.26 bits per heavy atom. The second-order valence-electron chi connectivity index (χ2n) is 5.53. The summed E-state index contributed by atoms with van der Waals surface area (Å²) in [5.41, 5.74) is 6.36. The maximum Gasteiger partial charge on any atom is 0.227 e. The highest BCUT2D eigenvalue weighted by Crippen LogP contribution is 2.16. The van der Waals surface area contributed by atoms with Crippen molar-refractivity contribution in [3.8, 4) is 5.75 Å². The van der Waals surface area contributed by atoms with E-state index >= 15 is 0 Å². The Bertz CT molecular complexity index is 407. The molecule has 2 N–H and O–H groups in total. The van der Waals surface area contributed by atoms with Gasteiger partial charge in [0, 0.05) is 18.6 Å². The second-order valence-corrected chi connectivity index (χ2v) is 5.53. The van der Waals surface area contributed by atoms with Gasteiger partial charge in [0.15, 0.2) is 0 Å². The number of hydrogen-bond donors (Lipinski definition) is 1. The monoisotopic (exact) mass is 264 g/mol. The highest BCUT2D eigenvalue weighted by atomic mass is 16.5. The zero-order valence-electron chi connectivity index (χ0n) is 12.3. The van der Waals surface area contributed by atoms with Crippen molar-refractivity contribution < 1.29 is 9.53 Å². The zero-order valence-corrected chi connectivity index (χ0v) is 12.3. The van der Waals surface area contributed by atoms with Crippen molar-refractivity contribution in [3.05, 3.63) is 29.8 Å². The normalized spacial score (nSPS) is 11.2. The van der Waals surface area contributed by atoms with Gasteiger partial charge in [0.25, 0.3) is 0 Å². The van der Waals surface area contributed by atoms with Gasteiger partial charge in [-0.3, -0.25) is 4.79 Å². The highest BCUT2D eigenvalue weighted by molar-refractivity contribution is 5.79. The molecule has 0 unspecified atom stereocenters. The first-order valence-corrected chi connectivity index (χ1v) is 6.52. The SMILES string of the molecule is COc1ccc(CC(=O)N(CCN)C(C)(C)C)cc1. The van der Waals surface area contributed by atoms with Crippen molar-refractivity contribution in [2.75, 3.05) is 20.2 Å². The molecule has 4 nitrogen and oxygen atoms in total. The van der Waals surface area contributed by atoms with E-state index in [9.17, 15) is 4.79 Å². The molecule has 0 spiro atoms. The molecule has 1 aromatic rings. The predicted octanol–water partition coefficient (Wildman–Crippen LogP) is 1.82. The van der Waals surface area contributed by atoms with Crippen LogP contribution in [-0.2, 0) is 11.2 Å². The van der Waals surface area contributed by atoms with Gasteiger partial charge in [-0.05, 0) is 38.5 Å². The van der Waals surface area contributed by atoms with Crippen LogP contribution in [-0.4, -0.2) is 36.5 Å². The van der Waals surface area contributed by atoms with Crippen LogP contribution in [0.1, 0.15) is 26.3 Å². The number of amides is 1. The summed E-state index contributed by atoms with van der Waals surface area (Å²) < 4.78 is 5.10. The van der Waals surface area contributed by atoms with E-state index in [0.29, 0.717) is 19.5 Å². The molecule has 0 saturated carbocycles. The van der Waals surface area contributed by atoms with Crippen molar-refractivity contribution in [2.24, 2.45) is 5.73 Å². The molecule has 0 saturated heterocycles. The van der Waals surface area contributed by atoms with Crippen molar-refractivity contribution in [1.82, 2.24) is 4.90 Å². The van der Waals surface area contributed by atoms with Crippen LogP contribution in [0.2, 0.25) is 0 Å². The number of nitrogens with two attached hydrogens (primary N) is 1. The summed E-state index contributed by atoms with van der Waals surface area (Å²) in [5.74, 6) is 0.897. The van der Waals surface area contributed by atoms with Crippen molar-refractivity contribution in [1.29, 1.82) is 0 Å². The third-order valence-electron chi connectivity index (χ3n) is 2.98. The van der Waals surface area contributed by atoms with Gasteiger partial charge in [0.1, 0.15) is 5.75 Å². The third kappa shape index (κ3) is 4.56. The summed E-state index contributed by atoms with van der Waals surface area (Å²) in [7, 11) is 1.63. The van der Waals surface area contributed by atoms with Crippen LogP contribution in [0.25, 0.3) is 0 Å². The number of benzene rings is 1. The molecule has 0 atom stereocenters. The van der Waals surface area contributed by atoms with Crippen molar-refractivity contribution in [3.63, 3.8) is 0 Å². The fraction of sp³-hybridized carbons (Fsp3) is 0.533. The van der Waals surface area contributed by atoms with Crippen LogP contribution in [0, 0.1) is 0 Å². The van der Waals surface area contributed by atoms with Crippen molar-refractivity contribution in [2.45, 2.75) is 32.7 Å². The summed E-state index contributed by atoms with van der Waals surface area (Å²) in [4.78, 5) is 14.2. The van der Waals surface area contributed by atoms with Gasteiger partial charge in [-0.2, -0.15) is 0 Å². The fourth-order valence-electron chi connectivity index (χ4n) is 1.98. The Kier molecular flexibility index (Phi) is 5.36. The number of methoxy groups -OCH3 is 1. The summed E-state index contributed by atoms with van der Waals surface area (Å²) >= 11 is 0. The molecule has 0 aromatic heterocycles. The van der Waals surface area contributed by atoms with Crippen LogP contribution in [0.15, 0.2) is 24.3 Å². The number of ether oxygens (including phenoxy) is 1. The number of rotatable bonds is 5. The lowest BCUT2D eigenvalue weighted by Gasteiger charge is -2.35. The molecule has 0 fully saturated rings. The molecule has 19 heavy (non-hydrogen) atoms. The molecule has 106 valence electrons. The van der Waals surface area contributed by atoms with Crippen LogP contribution in [0.3, 0.4) is 0 Å². The quantitative estimate of drug-likeness (QED) is 0.882. The Labute approximate surface area is 115 Å². The first-order chi connectivity index (χ1) is 8.88. The highest BCUT2D eigenvalue weighted by Gasteiger charge is 2.25. The predicted molar refractivity (Wildman–Crippen MR) is 77.2 cm³/mol. The topological polar surface area (TPSA) is 55.6 Å². The lowest BCUT2D eigenvalue weighted by atomic mass is 10.0. The van der Waals surface area contributed by atoms with Crippen LogP contribution < -0.4 is 10.5 Å². The number of nitrogens with zero attached hydrogens (tertiary/aromatic N) is 1. The number of hydrogen-bond acceptors (Lipinski definition) is 3. The average molecular weight is 264 g/mol. The summed E-state index contributed by atoms with van der Waals surface area (Å²) in [5, 5.41) is 0. The van der Waals surface area contributed by atoms with E-state index in [0.717, 1.165) is 11.3 Å². The van der Waals surface area contributed by atoms with Gasteiger partial charge < -0.3 is 15.4 Å². The van der Waals surface area contributed by atoms with E-state index in [4.69, 9.17) is 10.5 Å². The summed E-state index contributed by atoms with van der Waals surface area (Å²) in [6.07, 6.45) is 0.390. The Hall–Kier alpha value is -1.55. The fourth-order valence-corrected chi connectivity index (χ4v) is 1.98. The molecule has 0 bridgehead atoms. The lowest BCUT2D eigenvalue weighted by molar-refractivity contribution is -0.135. The van der Waals surface area contributed by atoms with Gasteiger partial charge >= 0.3 is 0 Å². The molecular weight excluding hydrogens is 240 g/mol. The minimum atomic E-state index is -0.205. The minimum absolute atomic E-state index is 0.100. The van der Waals surface area contributed by atoms with Gasteiger partial charge in [0.05, 0.1) is 13.5 Å². The van der Waals surface area contributed by atoms with E-state index in [2.05, 4.69) is 0 Å². The van der Waals surface area contributed by atoms with E-state index < -0.39 is 0 Å². The van der Waals surface area contributed by atoms with E-state index in [1.165, 1.54) is 0 Å². The Balaban J connectivity index is 2.75. The molecule has 1 amide bonds. The van der Waals surface area contributed by atoms with E-state index in [1.54, 1.807) is 7.11 Å². The Morgan fingerprint density at radius 2 is 1.84 bits per heavy atom. The molecular formula is C15H24N2O2. The molecule has 0 aliphatic carbocycles. The number of carbonyl (C=O) groups excluding carboxylic acids is 1. The first kappa shape index (κ1) is 15.5. The van der Waals surface area contributed by atoms with E-state index in [-0.39, 0.29) is 11.4 Å². The molecule has 0 heterocycles. The summed E-state index contributed by atoms with van der Waals surface area (Å²) in [6, 6.07) is 7.57. The average Bonchev–Trinajstić information content (AvgIpc) is 2.35. The zero-order chi connectivity index (χ0) is 14.5. The standard InChI is InChI=1S/C15H24N2O2/c1-15(2,3)17(10-9-16)14(18)11-12-5-7-13(19-4)8-6-12/h5-8H,9-11,16H2,1-4H3. The van der Waals surface area contributed by atoms with E-state index in [1.807, 2.05) is 49.9 Å². The maximum atomic E-state index is 12.3. The third-order valence-corrected chi connectivity index (χ3v) is 2.98. The maximum absolute atomic E-state index is 12.3. The molecule has 1 aromatic carbocycles. The molecule has 0 aliphatic rings. The second kappa shape index (κ2) is 6.57. The Morgan fingerprint density at radius 1 is 1.26 bits per heavy atom. The summed E-state index contributed by atoms with van der Waals surface area (Å²) in [6.45, 7) is 7.13.